The average Bonchev–Trinajstić information content (AvgIpc) is 2.84. The molecule has 0 N–H and O–H groups in total. The van der Waals surface area contributed by atoms with Gasteiger partial charge in [-0.2, -0.15) is 0 Å². The lowest BCUT2D eigenvalue weighted by Crippen LogP contribution is -1.96. The van der Waals surface area contributed by atoms with Crippen molar-refractivity contribution in [2.45, 2.75) is 6.92 Å². The lowest BCUT2D eigenvalue weighted by Gasteiger charge is -1.92. The van der Waals surface area contributed by atoms with E-state index in [0.29, 0.717) is 4.88 Å². The van der Waals surface area contributed by atoms with Gasteiger partial charge in [-0.1, -0.05) is 0 Å². The molecule has 2 heterocycles. The molecule has 0 aliphatic carbocycles. The van der Waals surface area contributed by atoms with E-state index in [0.717, 1.165) is 9.88 Å². The van der Waals surface area contributed by atoms with E-state index in [1.54, 1.807) is 17.5 Å². The van der Waals surface area contributed by atoms with Crippen LogP contribution in [-0.4, -0.2) is 18.1 Å². The first-order valence-electron chi connectivity index (χ1n) is 4.31. The Morgan fingerprint density at radius 2 is 2.33 bits per heavy atom. The number of carbonyl (C=O) groups is 1. The van der Waals surface area contributed by atoms with Gasteiger partial charge >= 0.3 is 5.97 Å². The van der Waals surface area contributed by atoms with Gasteiger partial charge in [0.2, 0.25) is 0 Å². The normalized spacial score (nSPS) is 10.3. The highest BCUT2D eigenvalue weighted by atomic mass is 32.1. The van der Waals surface area contributed by atoms with Crippen molar-refractivity contribution in [1.82, 2.24) is 4.98 Å². The van der Waals surface area contributed by atoms with E-state index >= 15 is 0 Å². The summed E-state index contributed by atoms with van der Waals surface area (Å²) in [5.41, 5.74) is 1.19. The summed E-state index contributed by atoms with van der Waals surface area (Å²) in [6, 6.07) is 2.04. The zero-order chi connectivity index (χ0) is 10.8. The first kappa shape index (κ1) is 10.3. The Balaban J connectivity index is 2.36. The fourth-order valence-electron chi connectivity index (χ4n) is 1.17. The highest BCUT2D eigenvalue weighted by Crippen LogP contribution is 2.32. The van der Waals surface area contributed by atoms with Crippen LogP contribution in [0.1, 0.15) is 15.2 Å². The Hall–Kier alpha value is -1.20. The summed E-state index contributed by atoms with van der Waals surface area (Å²) in [4.78, 5) is 17.1. The van der Waals surface area contributed by atoms with E-state index in [-0.39, 0.29) is 5.97 Å². The summed E-state index contributed by atoms with van der Waals surface area (Å²) in [7, 11) is 1.37. The maximum Gasteiger partial charge on any atom is 0.349 e. The van der Waals surface area contributed by atoms with Crippen molar-refractivity contribution in [1.29, 1.82) is 0 Å². The summed E-state index contributed by atoms with van der Waals surface area (Å²) < 4.78 is 4.63. The summed E-state index contributed by atoms with van der Waals surface area (Å²) in [6.45, 7) is 2.03. The molecule has 0 aliphatic heterocycles. The second-order valence-electron chi connectivity index (χ2n) is 2.95. The minimum absolute atomic E-state index is 0.326. The number of esters is 1. The van der Waals surface area contributed by atoms with Crippen LogP contribution in [0.2, 0.25) is 0 Å². The fourth-order valence-corrected chi connectivity index (χ4v) is 3.09. The minimum atomic E-state index is -0.326. The number of aromatic nitrogens is 1. The lowest BCUT2D eigenvalue weighted by molar-refractivity contribution is 0.0606. The number of thiophene rings is 1. The Kier molecular flexibility index (Phi) is 2.83. The molecule has 2 aromatic rings. The number of aryl methyl sites for hydroxylation is 1. The standard InChI is InChI=1S/C10H9NO2S2/c1-6-3-4-14-8(6)9-11-5-7(15-9)10(12)13-2/h3-5H,1-2H3. The van der Waals surface area contributed by atoms with Gasteiger partial charge in [-0.3, -0.25) is 0 Å². The van der Waals surface area contributed by atoms with Crippen molar-refractivity contribution >= 4 is 28.6 Å². The van der Waals surface area contributed by atoms with Crippen LogP contribution in [-0.2, 0) is 4.74 Å². The zero-order valence-electron chi connectivity index (χ0n) is 8.31. The first-order valence-corrected chi connectivity index (χ1v) is 6.00. The van der Waals surface area contributed by atoms with Gasteiger partial charge in [0, 0.05) is 0 Å². The largest absolute Gasteiger partial charge is 0.465 e. The van der Waals surface area contributed by atoms with Crippen LogP contribution >= 0.6 is 22.7 Å². The van der Waals surface area contributed by atoms with E-state index in [9.17, 15) is 4.79 Å². The molecule has 15 heavy (non-hydrogen) atoms. The van der Waals surface area contributed by atoms with Gasteiger partial charge in [0.25, 0.3) is 0 Å². The Bertz CT molecular complexity index is 487. The van der Waals surface area contributed by atoms with Gasteiger partial charge in [0.15, 0.2) is 0 Å². The van der Waals surface area contributed by atoms with Gasteiger partial charge < -0.3 is 4.74 Å². The number of hydrogen-bond donors (Lipinski definition) is 0. The van der Waals surface area contributed by atoms with Gasteiger partial charge in [0.05, 0.1) is 18.2 Å². The zero-order valence-corrected chi connectivity index (χ0v) is 9.95. The van der Waals surface area contributed by atoms with Crippen LogP contribution in [0.5, 0.6) is 0 Å². The van der Waals surface area contributed by atoms with Crippen molar-refractivity contribution in [3.05, 3.63) is 28.1 Å². The van der Waals surface area contributed by atoms with E-state index < -0.39 is 0 Å². The molecule has 0 unspecified atom stereocenters. The topological polar surface area (TPSA) is 39.2 Å². The second-order valence-corrected chi connectivity index (χ2v) is 4.90. The molecule has 0 aromatic carbocycles. The number of hydrogen-bond acceptors (Lipinski definition) is 5. The maximum absolute atomic E-state index is 11.2. The number of methoxy groups -OCH3 is 1. The molecular formula is C10H9NO2S2. The predicted molar refractivity (Wildman–Crippen MR) is 61.5 cm³/mol. The Labute approximate surface area is 95.4 Å². The highest BCUT2D eigenvalue weighted by Gasteiger charge is 2.13. The van der Waals surface area contributed by atoms with E-state index in [4.69, 9.17) is 0 Å². The third kappa shape index (κ3) is 1.93. The number of nitrogens with zero attached hydrogens (tertiary/aromatic N) is 1. The van der Waals surface area contributed by atoms with Crippen LogP contribution in [0, 0.1) is 6.92 Å². The molecule has 0 saturated carbocycles. The van der Waals surface area contributed by atoms with Crippen molar-refractivity contribution in [3.63, 3.8) is 0 Å². The second kappa shape index (κ2) is 4.12. The molecule has 2 aromatic heterocycles. The highest BCUT2D eigenvalue weighted by molar-refractivity contribution is 7.22. The summed E-state index contributed by atoms with van der Waals surface area (Å²) in [6.07, 6.45) is 1.56. The number of ether oxygens (including phenoxy) is 1. The van der Waals surface area contributed by atoms with Crippen LogP contribution in [0.15, 0.2) is 17.6 Å². The van der Waals surface area contributed by atoms with Crippen LogP contribution in [0.4, 0.5) is 0 Å². The maximum atomic E-state index is 11.2. The molecular weight excluding hydrogens is 230 g/mol. The Morgan fingerprint density at radius 3 is 2.93 bits per heavy atom. The SMILES string of the molecule is COC(=O)c1cnc(-c2sccc2C)s1. The molecule has 2 rings (SSSR count). The molecule has 0 amide bonds. The molecule has 78 valence electrons. The van der Waals surface area contributed by atoms with Crippen molar-refractivity contribution in [2.24, 2.45) is 0 Å². The summed E-state index contributed by atoms with van der Waals surface area (Å²) in [5.74, 6) is -0.326. The quantitative estimate of drug-likeness (QED) is 0.756. The van der Waals surface area contributed by atoms with Gasteiger partial charge in [-0.05, 0) is 23.9 Å². The van der Waals surface area contributed by atoms with E-state index in [2.05, 4.69) is 9.72 Å². The summed E-state index contributed by atoms with van der Waals surface area (Å²) in [5, 5.41) is 2.90. The third-order valence-electron chi connectivity index (χ3n) is 1.95. The lowest BCUT2D eigenvalue weighted by atomic mass is 10.3. The molecule has 0 aliphatic rings. The molecule has 0 saturated heterocycles. The Morgan fingerprint density at radius 1 is 1.53 bits per heavy atom. The monoisotopic (exact) mass is 239 g/mol. The molecule has 0 fully saturated rings. The summed E-state index contributed by atoms with van der Waals surface area (Å²) >= 11 is 2.99. The van der Waals surface area contributed by atoms with Crippen LogP contribution in [0.3, 0.4) is 0 Å². The van der Waals surface area contributed by atoms with Crippen molar-refractivity contribution in [3.8, 4) is 9.88 Å². The van der Waals surface area contributed by atoms with E-state index in [1.807, 2.05) is 18.4 Å². The van der Waals surface area contributed by atoms with Crippen molar-refractivity contribution in [2.75, 3.05) is 7.11 Å². The van der Waals surface area contributed by atoms with Crippen molar-refractivity contribution < 1.29 is 9.53 Å². The third-order valence-corrected chi connectivity index (χ3v) is 4.10. The molecule has 5 heteroatoms. The van der Waals surface area contributed by atoms with Gasteiger partial charge in [-0.25, -0.2) is 9.78 Å². The van der Waals surface area contributed by atoms with Gasteiger partial charge in [0.1, 0.15) is 9.88 Å². The van der Waals surface area contributed by atoms with Gasteiger partial charge in [-0.15, -0.1) is 22.7 Å². The average molecular weight is 239 g/mol. The first-order chi connectivity index (χ1) is 7.22. The minimum Gasteiger partial charge on any atom is -0.465 e. The van der Waals surface area contributed by atoms with E-state index in [1.165, 1.54) is 24.0 Å². The molecule has 0 spiro atoms. The molecule has 0 bridgehead atoms. The van der Waals surface area contributed by atoms with Crippen LogP contribution < -0.4 is 0 Å². The molecule has 0 atom stereocenters. The number of rotatable bonds is 2. The molecule has 3 nitrogen and oxygen atoms in total. The smallest absolute Gasteiger partial charge is 0.349 e. The number of thiazole rings is 1. The number of carbonyl (C=O) groups excluding carboxylic acids is 1. The fraction of sp³-hybridized carbons (Fsp3) is 0.200. The van der Waals surface area contributed by atoms with Crippen LogP contribution in [0.25, 0.3) is 9.88 Å². The predicted octanol–water partition coefficient (Wildman–Crippen LogP) is 2.97. The molecule has 0 radical (unpaired) electrons.